The lowest BCUT2D eigenvalue weighted by Crippen LogP contribution is -2.24. The van der Waals surface area contributed by atoms with Crippen LogP contribution in [-0.2, 0) is 22.4 Å². The molecule has 1 atom stereocenters. The number of methoxy groups -OCH3 is 1. The maximum absolute atomic E-state index is 12.2. The number of aryl methyl sites for hydroxylation is 1. The van der Waals surface area contributed by atoms with Crippen LogP contribution in [0.4, 0.5) is 10.8 Å². The number of pyridine rings is 1. The summed E-state index contributed by atoms with van der Waals surface area (Å²) in [6.45, 7) is 4.02. The smallest absolute Gasteiger partial charge is 0.309 e. The third-order valence-corrected chi connectivity index (χ3v) is 7.54. The summed E-state index contributed by atoms with van der Waals surface area (Å²) in [5, 5.41) is 13.8. The SMILES string of the molecule is COC(=O)[C@H](Cc1nnc2cc(-c3ccc(Nc4nc5c(s4)C=C(Cl)CC5)cc3)ccn12)C(C)C. The van der Waals surface area contributed by atoms with Crippen LogP contribution in [0.1, 0.15) is 36.7 Å². The van der Waals surface area contributed by atoms with E-state index in [-0.39, 0.29) is 17.8 Å². The van der Waals surface area contributed by atoms with Crippen molar-refractivity contribution in [2.45, 2.75) is 33.1 Å². The molecule has 0 radical (unpaired) electrons. The van der Waals surface area contributed by atoms with Crippen molar-refractivity contribution in [1.29, 1.82) is 0 Å². The number of aromatic nitrogens is 4. The number of nitrogens with zero attached hydrogens (tertiary/aromatic N) is 4. The molecule has 9 heteroatoms. The number of hydrogen-bond donors (Lipinski definition) is 1. The first-order valence-corrected chi connectivity index (χ1v) is 12.8. The fourth-order valence-corrected chi connectivity index (χ4v) is 5.50. The van der Waals surface area contributed by atoms with Crippen molar-refractivity contribution in [3.63, 3.8) is 0 Å². The second-order valence-electron chi connectivity index (χ2n) is 8.96. The van der Waals surface area contributed by atoms with Crippen LogP contribution < -0.4 is 5.32 Å². The standard InChI is InChI=1S/C26H26ClN5O2S/c1-15(2)20(25(33)34-3)14-24-31-30-23-12-17(10-11-32(23)24)16-4-7-19(8-5-16)28-26-29-21-9-6-18(27)13-22(21)35-26/h4-5,7-8,10-13,15,20H,6,9,14H2,1-3H3,(H,28,29)/t20-/m1/s1. The number of esters is 1. The lowest BCUT2D eigenvalue weighted by atomic mass is 9.92. The Hall–Kier alpha value is -3.23. The molecule has 1 N–H and O–H groups in total. The third-order valence-electron chi connectivity index (χ3n) is 6.28. The van der Waals surface area contributed by atoms with Gasteiger partial charge in [-0.25, -0.2) is 4.98 Å². The second-order valence-corrected chi connectivity index (χ2v) is 10.5. The van der Waals surface area contributed by atoms with Gasteiger partial charge >= 0.3 is 5.97 Å². The molecule has 5 rings (SSSR count). The molecule has 0 aliphatic heterocycles. The molecule has 1 aromatic carbocycles. The predicted molar refractivity (Wildman–Crippen MR) is 140 cm³/mol. The summed E-state index contributed by atoms with van der Waals surface area (Å²) in [6, 6.07) is 12.3. The Bertz CT molecular complexity index is 1410. The minimum atomic E-state index is -0.261. The van der Waals surface area contributed by atoms with Gasteiger partial charge in [0.1, 0.15) is 5.82 Å². The zero-order chi connectivity index (χ0) is 24.5. The largest absolute Gasteiger partial charge is 0.469 e. The number of hydrogen-bond acceptors (Lipinski definition) is 7. The Morgan fingerprint density at radius 2 is 1.97 bits per heavy atom. The number of anilines is 2. The van der Waals surface area contributed by atoms with E-state index >= 15 is 0 Å². The minimum Gasteiger partial charge on any atom is -0.469 e. The summed E-state index contributed by atoms with van der Waals surface area (Å²) in [4.78, 5) is 18.0. The molecular formula is C26H26ClN5O2S. The maximum Gasteiger partial charge on any atom is 0.309 e. The van der Waals surface area contributed by atoms with Gasteiger partial charge in [0.15, 0.2) is 10.8 Å². The second kappa shape index (κ2) is 9.79. The van der Waals surface area contributed by atoms with E-state index in [2.05, 4.69) is 27.6 Å². The van der Waals surface area contributed by atoms with Crippen LogP contribution in [-0.4, -0.2) is 32.7 Å². The number of benzene rings is 1. The van der Waals surface area contributed by atoms with Crippen molar-refractivity contribution in [3.05, 3.63) is 64.0 Å². The molecule has 4 aromatic rings. The first-order chi connectivity index (χ1) is 16.9. The van der Waals surface area contributed by atoms with Gasteiger partial charge in [-0.2, -0.15) is 0 Å². The highest BCUT2D eigenvalue weighted by atomic mass is 35.5. The van der Waals surface area contributed by atoms with Crippen molar-refractivity contribution in [3.8, 4) is 11.1 Å². The molecule has 0 spiro atoms. The molecule has 0 bridgehead atoms. The van der Waals surface area contributed by atoms with E-state index in [1.54, 1.807) is 11.3 Å². The first-order valence-electron chi connectivity index (χ1n) is 11.6. The molecule has 0 saturated heterocycles. The van der Waals surface area contributed by atoms with Crippen LogP contribution in [0.25, 0.3) is 22.9 Å². The number of rotatable bonds is 7. The van der Waals surface area contributed by atoms with Gasteiger partial charge in [0.05, 0.1) is 23.6 Å². The van der Waals surface area contributed by atoms with Gasteiger partial charge < -0.3 is 10.1 Å². The van der Waals surface area contributed by atoms with Crippen molar-refractivity contribution in [2.24, 2.45) is 11.8 Å². The molecule has 1 aliphatic carbocycles. The molecule has 7 nitrogen and oxygen atoms in total. The average Bonchev–Trinajstić information content (AvgIpc) is 3.44. The van der Waals surface area contributed by atoms with E-state index in [1.807, 2.05) is 54.8 Å². The van der Waals surface area contributed by atoms with Crippen LogP contribution in [0, 0.1) is 11.8 Å². The Kier molecular flexibility index (Phi) is 6.58. The molecule has 1 aliphatic rings. The molecule has 0 saturated carbocycles. The molecule has 3 heterocycles. The number of allylic oxidation sites excluding steroid dienone is 1. The van der Waals surface area contributed by atoms with E-state index in [4.69, 9.17) is 21.3 Å². The number of fused-ring (bicyclic) bond motifs is 2. The molecule has 0 amide bonds. The number of carbonyl (C=O) groups excluding carboxylic acids is 1. The number of ether oxygens (including phenoxy) is 1. The summed E-state index contributed by atoms with van der Waals surface area (Å²) in [5.41, 5.74) is 4.94. The highest BCUT2D eigenvalue weighted by Gasteiger charge is 2.25. The number of carbonyl (C=O) groups is 1. The molecule has 3 aromatic heterocycles. The molecule has 0 fully saturated rings. The van der Waals surface area contributed by atoms with E-state index in [0.717, 1.165) is 61.9 Å². The van der Waals surface area contributed by atoms with Crippen LogP contribution >= 0.6 is 22.9 Å². The third kappa shape index (κ3) is 4.94. The van der Waals surface area contributed by atoms with Crippen molar-refractivity contribution >= 4 is 51.4 Å². The zero-order valence-electron chi connectivity index (χ0n) is 19.8. The summed E-state index contributed by atoms with van der Waals surface area (Å²) in [6.07, 6.45) is 6.19. The van der Waals surface area contributed by atoms with Gasteiger partial charge in [-0.1, -0.05) is 48.9 Å². The molecular weight excluding hydrogens is 482 g/mol. The van der Waals surface area contributed by atoms with Crippen LogP contribution in [0.5, 0.6) is 0 Å². The van der Waals surface area contributed by atoms with E-state index in [0.29, 0.717) is 6.42 Å². The predicted octanol–water partition coefficient (Wildman–Crippen LogP) is 6.11. The maximum atomic E-state index is 12.2. The fraction of sp³-hybridized carbons (Fsp3) is 0.308. The fourth-order valence-electron chi connectivity index (χ4n) is 4.23. The zero-order valence-corrected chi connectivity index (χ0v) is 21.4. The van der Waals surface area contributed by atoms with E-state index in [9.17, 15) is 4.79 Å². The van der Waals surface area contributed by atoms with Gasteiger partial charge in [-0.15, -0.1) is 10.2 Å². The Morgan fingerprint density at radius 1 is 1.17 bits per heavy atom. The quantitative estimate of drug-likeness (QED) is 0.304. The summed E-state index contributed by atoms with van der Waals surface area (Å²) in [7, 11) is 1.42. The Balaban J connectivity index is 1.32. The minimum absolute atomic E-state index is 0.144. The van der Waals surface area contributed by atoms with Crippen LogP contribution in [0.3, 0.4) is 0 Å². The van der Waals surface area contributed by atoms with E-state index in [1.165, 1.54) is 7.11 Å². The van der Waals surface area contributed by atoms with Crippen molar-refractivity contribution in [1.82, 2.24) is 19.6 Å². The first kappa shape index (κ1) is 23.5. The number of nitrogens with one attached hydrogen (secondary N) is 1. The van der Waals surface area contributed by atoms with Gasteiger partial charge in [0, 0.05) is 23.3 Å². The Morgan fingerprint density at radius 3 is 2.71 bits per heavy atom. The highest BCUT2D eigenvalue weighted by Crippen LogP contribution is 2.34. The summed E-state index contributed by atoms with van der Waals surface area (Å²) in [5.74, 6) is 0.409. The average molecular weight is 508 g/mol. The van der Waals surface area contributed by atoms with Crippen LogP contribution in [0.2, 0.25) is 0 Å². The van der Waals surface area contributed by atoms with Gasteiger partial charge in [0.2, 0.25) is 0 Å². The van der Waals surface area contributed by atoms with Gasteiger partial charge in [-0.3, -0.25) is 9.20 Å². The molecule has 35 heavy (non-hydrogen) atoms. The van der Waals surface area contributed by atoms with Gasteiger partial charge in [0.25, 0.3) is 0 Å². The topological polar surface area (TPSA) is 81.4 Å². The lowest BCUT2D eigenvalue weighted by Gasteiger charge is -2.17. The molecule has 0 unspecified atom stereocenters. The van der Waals surface area contributed by atoms with Crippen molar-refractivity contribution in [2.75, 3.05) is 12.4 Å². The lowest BCUT2D eigenvalue weighted by molar-refractivity contribution is -0.147. The van der Waals surface area contributed by atoms with Gasteiger partial charge in [-0.05, 0) is 60.2 Å². The van der Waals surface area contributed by atoms with E-state index < -0.39 is 0 Å². The summed E-state index contributed by atoms with van der Waals surface area (Å²) < 4.78 is 6.90. The van der Waals surface area contributed by atoms with Crippen LogP contribution in [0.15, 0.2) is 47.6 Å². The Labute approximate surface area is 212 Å². The highest BCUT2D eigenvalue weighted by molar-refractivity contribution is 7.16. The number of thiazole rings is 1. The summed E-state index contributed by atoms with van der Waals surface area (Å²) >= 11 is 7.79. The number of halogens is 1. The normalized spacial score (nSPS) is 14.0. The molecule has 180 valence electrons. The van der Waals surface area contributed by atoms with Crippen molar-refractivity contribution < 1.29 is 9.53 Å². The monoisotopic (exact) mass is 507 g/mol.